The van der Waals surface area contributed by atoms with Crippen LogP contribution in [0.5, 0.6) is 0 Å². The predicted octanol–water partition coefficient (Wildman–Crippen LogP) is 2.34. The summed E-state index contributed by atoms with van der Waals surface area (Å²) < 4.78 is 5.83. The maximum atomic E-state index is 12.7. The van der Waals surface area contributed by atoms with E-state index in [-0.39, 0.29) is 11.9 Å². The van der Waals surface area contributed by atoms with Crippen molar-refractivity contribution < 1.29 is 9.53 Å². The van der Waals surface area contributed by atoms with Gasteiger partial charge >= 0.3 is 0 Å². The van der Waals surface area contributed by atoms with E-state index in [1.165, 1.54) is 19.3 Å². The SMILES string of the molecule is O=C1C(NC2CCCC3OCCC23)CCN1c1ccccc1. The first-order valence-corrected chi connectivity index (χ1v) is 8.57. The minimum absolute atomic E-state index is 0.0236. The van der Waals surface area contributed by atoms with Crippen LogP contribution in [0.4, 0.5) is 5.69 Å². The molecule has 2 saturated heterocycles. The lowest BCUT2D eigenvalue weighted by Gasteiger charge is -2.34. The Bertz CT molecular complexity index is 533. The topological polar surface area (TPSA) is 41.6 Å². The van der Waals surface area contributed by atoms with Crippen LogP contribution in [0.2, 0.25) is 0 Å². The molecule has 3 aliphatic rings. The van der Waals surface area contributed by atoms with Gasteiger partial charge in [0.1, 0.15) is 0 Å². The molecule has 2 aliphatic heterocycles. The van der Waals surface area contributed by atoms with E-state index in [9.17, 15) is 4.79 Å². The molecule has 0 radical (unpaired) electrons. The number of nitrogens with one attached hydrogen (secondary N) is 1. The Morgan fingerprint density at radius 1 is 1.09 bits per heavy atom. The normalized spacial score (nSPS) is 34.9. The van der Waals surface area contributed by atoms with Crippen LogP contribution in [-0.4, -0.2) is 37.2 Å². The molecule has 4 rings (SSSR count). The van der Waals surface area contributed by atoms with E-state index >= 15 is 0 Å². The number of rotatable bonds is 3. The van der Waals surface area contributed by atoms with Gasteiger partial charge in [0, 0.05) is 30.8 Å². The lowest BCUT2D eigenvalue weighted by atomic mass is 9.81. The highest BCUT2D eigenvalue weighted by molar-refractivity contribution is 5.99. The summed E-state index contributed by atoms with van der Waals surface area (Å²) in [6, 6.07) is 10.4. The molecular formula is C18H24N2O2. The number of fused-ring (bicyclic) bond motifs is 1. The van der Waals surface area contributed by atoms with Crippen molar-refractivity contribution in [1.29, 1.82) is 0 Å². The van der Waals surface area contributed by atoms with Crippen LogP contribution in [0.25, 0.3) is 0 Å². The van der Waals surface area contributed by atoms with Crippen molar-refractivity contribution in [1.82, 2.24) is 5.32 Å². The molecule has 1 saturated carbocycles. The number of carbonyl (C=O) groups excluding carboxylic acids is 1. The Kier molecular flexibility index (Phi) is 3.89. The van der Waals surface area contributed by atoms with Crippen molar-refractivity contribution in [2.24, 2.45) is 5.92 Å². The Morgan fingerprint density at radius 3 is 2.82 bits per heavy atom. The van der Waals surface area contributed by atoms with E-state index in [1.807, 2.05) is 35.2 Å². The zero-order valence-corrected chi connectivity index (χ0v) is 12.9. The maximum absolute atomic E-state index is 12.7. The highest BCUT2D eigenvalue weighted by Gasteiger charge is 2.41. The second kappa shape index (κ2) is 6.01. The first kappa shape index (κ1) is 14.2. The van der Waals surface area contributed by atoms with Crippen molar-refractivity contribution in [2.75, 3.05) is 18.1 Å². The van der Waals surface area contributed by atoms with Crippen molar-refractivity contribution >= 4 is 11.6 Å². The quantitative estimate of drug-likeness (QED) is 0.931. The lowest BCUT2D eigenvalue weighted by molar-refractivity contribution is -0.119. The number of hydrogen-bond donors (Lipinski definition) is 1. The fourth-order valence-corrected chi connectivity index (χ4v) is 4.34. The Labute approximate surface area is 131 Å². The predicted molar refractivity (Wildman–Crippen MR) is 85.8 cm³/mol. The first-order valence-electron chi connectivity index (χ1n) is 8.57. The average Bonchev–Trinajstić information content (AvgIpc) is 3.16. The smallest absolute Gasteiger partial charge is 0.244 e. The fourth-order valence-electron chi connectivity index (χ4n) is 4.34. The second-order valence-electron chi connectivity index (χ2n) is 6.73. The van der Waals surface area contributed by atoms with E-state index in [1.54, 1.807) is 0 Å². The molecule has 1 aliphatic carbocycles. The van der Waals surface area contributed by atoms with Gasteiger partial charge in [0.05, 0.1) is 12.1 Å². The molecule has 0 spiro atoms. The molecule has 22 heavy (non-hydrogen) atoms. The zero-order valence-electron chi connectivity index (χ0n) is 12.9. The number of benzene rings is 1. The summed E-state index contributed by atoms with van der Waals surface area (Å²) >= 11 is 0. The molecule has 1 N–H and O–H groups in total. The monoisotopic (exact) mass is 300 g/mol. The third kappa shape index (κ3) is 2.55. The fraction of sp³-hybridized carbons (Fsp3) is 0.611. The van der Waals surface area contributed by atoms with Gasteiger partial charge < -0.3 is 15.0 Å². The van der Waals surface area contributed by atoms with Crippen LogP contribution in [-0.2, 0) is 9.53 Å². The van der Waals surface area contributed by atoms with Crippen molar-refractivity contribution in [2.45, 2.75) is 50.3 Å². The number of amides is 1. The largest absolute Gasteiger partial charge is 0.378 e. The standard InChI is InChI=1S/C18H24N2O2/c21-18-16(9-11-20(18)13-5-2-1-3-6-13)19-15-7-4-8-17-14(15)10-12-22-17/h1-3,5-6,14-17,19H,4,7-12H2. The summed E-state index contributed by atoms with van der Waals surface area (Å²) in [5.74, 6) is 0.833. The Balaban J connectivity index is 1.43. The van der Waals surface area contributed by atoms with Gasteiger partial charge in [-0.25, -0.2) is 0 Å². The summed E-state index contributed by atoms with van der Waals surface area (Å²) in [6.45, 7) is 1.71. The van der Waals surface area contributed by atoms with Crippen LogP contribution in [0.1, 0.15) is 32.1 Å². The van der Waals surface area contributed by atoms with Crippen LogP contribution >= 0.6 is 0 Å². The molecule has 0 bridgehead atoms. The number of anilines is 1. The number of ether oxygens (including phenoxy) is 1. The Morgan fingerprint density at radius 2 is 1.95 bits per heavy atom. The van der Waals surface area contributed by atoms with Crippen LogP contribution in [0, 0.1) is 5.92 Å². The van der Waals surface area contributed by atoms with Gasteiger partial charge in [-0.05, 0) is 44.2 Å². The molecule has 1 aromatic carbocycles. The highest BCUT2D eigenvalue weighted by atomic mass is 16.5. The molecule has 0 aromatic heterocycles. The first-order chi connectivity index (χ1) is 10.8. The van der Waals surface area contributed by atoms with Crippen LogP contribution < -0.4 is 10.2 Å². The summed E-state index contributed by atoms with van der Waals surface area (Å²) in [5, 5.41) is 3.67. The summed E-state index contributed by atoms with van der Waals surface area (Å²) in [4.78, 5) is 14.6. The second-order valence-corrected chi connectivity index (χ2v) is 6.73. The van der Waals surface area contributed by atoms with Gasteiger partial charge in [0.15, 0.2) is 0 Å². The van der Waals surface area contributed by atoms with Gasteiger partial charge in [0.2, 0.25) is 5.91 Å². The molecule has 4 atom stereocenters. The van der Waals surface area contributed by atoms with Crippen LogP contribution in [0.3, 0.4) is 0 Å². The van der Waals surface area contributed by atoms with Crippen LogP contribution in [0.15, 0.2) is 30.3 Å². The lowest BCUT2D eigenvalue weighted by Crippen LogP contribution is -2.50. The van der Waals surface area contributed by atoms with E-state index < -0.39 is 0 Å². The van der Waals surface area contributed by atoms with Crippen molar-refractivity contribution in [3.05, 3.63) is 30.3 Å². The molecule has 1 aromatic rings. The molecule has 4 nitrogen and oxygen atoms in total. The molecule has 3 fully saturated rings. The Hall–Kier alpha value is -1.39. The molecule has 4 heteroatoms. The van der Waals surface area contributed by atoms with E-state index in [4.69, 9.17) is 4.74 Å². The minimum atomic E-state index is -0.0236. The minimum Gasteiger partial charge on any atom is -0.378 e. The summed E-state index contributed by atoms with van der Waals surface area (Å²) in [5.41, 5.74) is 1.02. The van der Waals surface area contributed by atoms with Crippen molar-refractivity contribution in [3.63, 3.8) is 0 Å². The third-order valence-electron chi connectivity index (χ3n) is 5.47. The van der Waals surface area contributed by atoms with Gasteiger partial charge in [-0.1, -0.05) is 18.2 Å². The molecule has 4 unspecified atom stereocenters. The average molecular weight is 300 g/mol. The molecular weight excluding hydrogens is 276 g/mol. The van der Waals surface area contributed by atoms with Gasteiger partial charge in [-0.2, -0.15) is 0 Å². The van der Waals surface area contributed by atoms with Gasteiger partial charge in [0.25, 0.3) is 0 Å². The van der Waals surface area contributed by atoms with Gasteiger partial charge in [-0.3, -0.25) is 4.79 Å². The number of hydrogen-bond acceptors (Lipinski definition) is 3. The maximum Gasteiger partial charge on any atom is 0.244 e. The molecule has 118 valence electrons. The number of para-hydroxylation sites is 1. The van der Waals surface area contributed by atoms with Crippen molar-refractivity contribution in [3.8, 4) is 0 Å². The third-order valence-corrected chi connectivity index (χ3v) is 5.47. The molecule has 2 heterocycles. The number of nitrogens with zero attached hydrogens (tertiary/aromatic N) is 1. The van der Waals surface area contributed by atoms with E-state index in [0.717, 1.165) is 31.7 Å². The summed E-state index contributed by atoms with van der Waals surface area (Å²) in [7, 11) is 0. The van der Waals surface area contributed by atoms with Gasteiger partial charge in [-0.15, -0.1) is 0 Å². The number of carbonyl (C=O) groups is 1. The summed E-state index contributed by atoms with van der Waals surface area (Å²) in [6.07, 6.45) is 6.06. The molecule has 1 amide bonds. The highest BCUT2D eigenvalue weighted by Crippen LogP contribution is 2.35. The van der Waals surface area contributed by atoms with E-state index in [2.05, 4.69) is 5.32 Å². The zero-order chi connectivity index (χ0) is 14.9. The van der Waals surface area contributed by atoms with E-state index in [0.29, 0.717) is 18.1 Å².